The first-order chi connectivity index (χ1) is 12.5. The van der Waals surface area contributed by atoms with Gasteiger partial charge in [0.05, 0.1) is 18.8 Å². The molecule has 0 radical (unpaired) electrons. The average molecular weight is 356 g/mol. The molecule has 2 aromatic rings. The fourth-order valence-corrected chi connectivity index (χ4v) is 3.39. The molecular weight excluding hydrogens is 332 g/mol. The molecule has 0 spiro atoms. The molecule has 5 N–H and O–H groups in total. The normalized spacial score (nSPS) is 17.4. The van der Waals surface area contributed by atoms with Gasteiger partial charge in [0, 0.05) is 12.6 Å². The number of aryl methyl sites for hydroxylation is 1. The van der Waals surface area contributed by atoms with Gasteiger partial charge in [-0.25, -0.2) is 0 Å². The third kappa shape index (κ3) is 3.98. The van der Waals surface area contributed by atoms with E-state index in [9.17, 15) is 15.0 Å². The standard InChI is InChI=1S/C20H24N2O4/c1-26-16-6-3-12-8-15(5-2-13(12)9-16)22-11-19(24)14-4-7-18(23)17(10-14)20(21)25/h3-4,6-7,9-10,15,19,22-24H,2,5,8,11H2,1H3,(H2,21,25). The Labute approximate surface area is 152 Å². The van der Waals surface area contributed by atoms with Gasteiger partial charge in [-0.1, -0.05) is 12.1 Å². The molecule has 2 atom stereocenters. The summed E-state index contributed by atoms with van der Waals surface area (Å²) in [5.41, 5.74) is 8.41. The van der Waals surface area contributed by atoms with Crippen molar-refractivity contribution in [2.75, 3.05) is 13.7 Å². The Balaban J connectivity index is 1.61. The summed E-state index contributed by atoms with van der Waals surface area (Å²) >= 11 is 0. The van der Waals surface area contributed by atoms with Gasteiger partial charge in [0.2, 0.25) is 0 Å². The molecule has 3 rings (SSSR count). The molecule has 6 heteroatoms. The molecule has 26 heavy (non-hydrogen) atoms. The summed E-state index contributed by atoms with van der Waals surface area (Å²) in [5, 5.41) is 23.4. The lowest BCUT2D eigenvalue weighted by atomic mass is 9.88. The molecule has 1 aliphatic rings. The van der Waals surface area contributed by atoms with Gasteiger partial charge in [0.15, 0.2) is 0 Å². The Morgan fingerprint density at radius 1 is 1.31 bits per heavy atom. The van der Waals surface area contributed by atoms with Crippen LogP contribution in [-0.4, -0.2) is 35.8 Å². The molecule has 138 valence electrons. The molecule has 0 aliphatic heterocycles. The zero-order chi connectivity index (χ0) is 18.7. The zero-order valence-electron chi connectivity index (χ0n) is 14.7. The Hall–Kier alpha value is -2.57. The number of aliphatic hydroxyl groups is 1. The van der Waals surface area contributed by atoms with Gasteiger partial charge < -0.3 is 26.0 Å². The van der Waals surface area contributed by atoms with E-state index in [4.69, 9.17) is 10.5 Å². The predicted octanol–water partition coefficient (Wildman–Crippen LogP) is 1.68. The quantitative estimate of drug-likeness (QED) is 0.630. The molecule has 2 aromatic carbocycles. The second kappa shape index (κ2) is 7.76. The largest absolute Gasteiger partial charge is 0.507 e. The number of methoxy groups -OCH3 is 1. The lowest BCUT2D eigenvalue weighted by Gasteiger charge is -2.27. The van der Waals surface area contributed by atoms with Gasteiger partial charge in [-0.15, -0.1) is 0 Å². The number of aliphatic hydroxyl groups excluding tert-OH is 1. The number of phenols is 1. The third-order valence-corrected chi connectivity index (χ3v) is 4.91. The molecule has 0 saturated heterocycles. The minimum Gasteiger partial charge on any atom is -0.507 e. The minimum atomic E-state index is -0.786. The number of carbonyl (C=O) groups is 1. The van der Waals surface area contributed by atoms with E-state index in [1.807, 2.05) is 6.07 Å². The number of primary amides is 1. The summed E-state index contributed by atoms with van der Waals surface area (Å²) in [6.45, 7) is 0.360. The highest BCUT2D eigenvalue weighted by molar-refractivity contribution is 5.95. The Kier molecular flexibility index (Phi) is 5.44. The average Bonchev–Trinajstić information content (AvgIpc) is 2.65. The van der Waals surface area contributed by atoms with E-state index in [2.05, 4.69) is 17.4 Å². The van der Waals surface area contributed by atoms with Crippen LogP contribution in [0.1, 0.15) is 39.6 Å². The monoisotopic (exact) mass is 356 g/mol. The topological polar surface area (TPSA) is 105 Å². The van der Waals surface area contributed by atoms with Gasteiger partial charge in [-0.05, 0) is 60.2 Å². The summed E-state index contributed by atoms with van der Waals surface area (Å²) in [7, 11) is 1.67. The van der Waals surface area contributed by atoms with Crippen molar-refractivity contribution in [1.82, 2.24) is 5.32 Å². The van der Waals surface area contributed by atoms with Crippen molar-refractivity contribution < 1.29 is 19.7 Å². The molecule has 0 bridgehead atoms. The number of benzene rings is 2. The molecule has 0 fully saturated rings. The van der Waals surface area contributed by atoms with Crippen LogP contribution in [0, 0.1) is 0 Å². The van der Waals surface area contributed by atoms with Crippen molar-refractivity contribution in [3.05, 3.63) is 58.7 Å². The molecule has 6 nitrogen and oxygen atoms in total. The van der Waals surface area contributed by atoms with E-state index in [0.29, 0.717) is 12.1 Å². The van der Waals surface area contributed by atoms with Gasteiger partial charge in [0.25, 0.3) is 5.91 Å². The van der Waals surface area contributed by atoms with Crippen molar-refractivity contribution in [1.29, 1.82) is 0 Å². The molecule has 1 amide bonds. The van der Waals surface area contributed by atoms with Gasteiger partial charge in [-0.2, -0.15) is 0 Å². The van der Waals surface area contributed by atoms with Gasteiger partial charge >= 0.3 is 0 Å². The van der Waals surface area contributed by atoms with Crippen molar-refractivity contribution in [2.24, 2.45) is 5.73 Å². The number of hydrogen-bond acceptors (Lipinski definition) is 5. The minimum absolute atomic E-state index is 0.0158. The second-order valence-corrected chi connectivity index (χ2v) is 6.64. The fraction of sp³-hybridized carbons (Fsp3) is 0.350. The summed E-state index contributed by atoms with van der Waals surface area (Å²) in [5.74, 6) is -0.0206. The van der Waals surface area contributed by atoms with Crippen LogP contribution in [0.25, 0.3) is 0 Å². The lowest BCUT2D eigenvalue weighted by Crippen LogP contribution is -2.37. The first-order valence-electron chi connectivity index (χ1n) is 8.68. The van der Waals surface area contributed by atoms with E-state index in [1.165, 1.54) is 23.3 Å². The van der Waals surface area contributed by atoms with E-state index in [1.54, 1.807) is 13.2 Å². The zero-order valence-corrected chi connectivity index (χ0v) is 14.7. The third-order valence-electron chi connectivity index (χ3n) is 4.91. The maximum Gasteiger partial charge on any atom is 0.252 e. The van der Waals surface area contributed by atoms with Gasteiger partial charge in [0.1, 0.15) is 11.5 Å². The number of fused-ring (bicyclic) bond motifs is 1. The SMILES string of the molecule is COc1ccc2c(c1)CCC(NCC(O)c1ccc(O)c(C(N)=O)c1)C2. The van der Waals surface area contributed by atoms with E-state index in [0.717, 1.165) is 25.0 Å². The number of amides is 1. The highest BCUT2D eigenvalue weighted by atomic mass is 16.5. The van der Waals surface area contributed by atoms with E-state index in [-0.39, 0.29) is 17.4 Å². The summed E-state index contributed by atoms with van der Waals surface area (Å²) in [6, 6.07) is 10.8. The summed E-state index contributed by atoms with van der Waals surface area (Å²) in [6.07, 6.45) is 2.06. The Morgan fingerprint density at radius 2 is 2.12 bits per heavy atom. The fourth-order valence-electron chi connectivity index (χ4n) is 3.39. The summed E-state index contributed by atoms with van der Waals surface area (Å²) in [4.78, 5) is 11.3. The van der Waals surface area contributed by atoms with Crippen LogP contribution in [0.15, 0.2) is 36.4 Å². The number of hydrogen-bond donors (Lipinski definition) is 4. The maximum atomic E-state index is 11.3. The van der Waals surface area contributed by atoms with Crippen LogP contribution in [0.3, 0.4) is 0 Å². The van der Waals surface area contributed by atoms with Crippen molar-refractivity contribution in [3.63, 3.8) is 0 Å². The number of rotatable bonds is 6. The van der Waals surface area contributed by atoms with Crippen LogP contribution in [0.4, 0.5) is 0 Å². The van der Waals surface area contributed by atoms with Crippen LogP contribution >= 0.6 is 0 Å². The van der Waals surface area contributed by atoms with Crippen LogP contribution in [0.5, 0.6) is 11.5 Å². The number of nitrogens with two attached hydrogens (primary N) is 1. The highest BCUT2D eigenvalue weighted by Crippen LogP contribution is 2.26. The number of carbonyl (C=O) groups excluding carboxylic acids is 1. The van der Waals surface area contributed by atoms with E-state index >= 15 is 0 Å². The maximum absolute atomic E-state index is 11.3. The predicted molar refractivity (Wildman–Crippen MR) is 98.4 cm³/mol. The second-order valence-electron chi connectivity index (χ2n) is 6.64. The molecule has 0 saturated carbocycles. The first kappa shape index (κ1) is 18.2. The van der Waals surface area contributed by atoms with Crippen LogP contribution in [-0.2, 0) is 12.8 Å². The first-order valence-corrected chi connectivity index (χ1v) is 8.68. The summed E-state index contributed by atoms with van der Waals surface area (Å²) < 4.78 is 5.27. The molecule has 0 aromatic heterocycles. The highest BCUT2D eigenvalue weighted by Gasteiger charge is 2.20. The molecule has 0 heterocycles. The van der Waals surface area contributed by atoms with Gasteiger partial charge in [-0.3, -0.25) is 4.79 Å². The molecule has 2 unspecified atom stereocenters. The molecule has 1 aliphatic carbocycles. The van der Waals surface area contributed by atoms with E-state index < -0.39 is 12.0 Å². The van der Waals surface area contributed by atoms with Crippen LogP contribution < -0.4 is 15.8 Å². The Bertz CT molecular complexity index is 806. The Morgan fingerprint density at radius 3 is 2.85 bits per heavy atom. The van der Waals surface area contributed by atoms with Crippen molar-refractivity contribution in [2.45, 2.75) is 31.4 Å². The van der Waals surface area contributed by atoms with Crippen molar-refractivity contribution in [3.8, 4) is 11.5 Å². The van der Waals surface area contributed by atoms with Crippen LogP contribution in [0.2, 0.25) is 0 Å². The van der Waals surface area contributed by atoms with Crippen molar-refractivity contribution >= 4 is 5.91 Å². The molecular formula is C20H24N2O4. The number of aromatic hydroxyl groups is 1. The number of ether oxygens (including phenoxy) is 1. The smallest absolute Gasteiger partial charge is 0.252 e. The lowest BCUT2D eigenvalue weighted by molar-refractivity contribution is 0.0997. The number of nitrogens with one attached hydrogen (secondary N) is 1.